The summed E-state index contributed by atoms with van der Waals surface area (Å²) in [5.41, 5.74) is 0. The maximum atomic E-state index is 12.6. The largest absolute Gasteiger partial charge is 0.430 e. The number of hydrogen-bond donors (Lipinski definition) is 0. The molecule has 1 amide bonds. The molecule has 0 radical (unpaired) electrons. The monoisotopic (exact) mass is 307 g/mol. The molecule has 7 heteroatoms. The smallest absolute Gasteiger partial charge is 0.340 e. The van der Waals surface area contributed by atoms with E-state index in [1.807, 2.05) is 13.8 Å². The zero-order valence-electron chi connectivity index (χ0n) is 10.5. The van der Waals surface area contributed by atoms with Gasteiger partial charge >= 0.3 is 6.18 Å². The normalized spacial score (nSPS) is 12.6. The van der Waals surface area contributed by atoms with E-state index < -0.39 is 16.4 Å². The van der Waals surface area contributed by atoms with Crippen LogP contribution in [0, 0.1) is 0 Å². The highest BCUT2D eigenvalue weighted by molar-refractivity contribution is 6.58. The third kappa shape index (κ3) is 4.84. The molecule has 0 aromatic rings. The van der Waals surface area contributed by atoms with Crippen molar-refractivity contribution in [1.82, 2.24) is 4.90 Å². The SMILES string of the molecule is CCCCN(CCCC)C(=O)C(Cl)(Cl)C(F)(F)F. The molecule has 0 aliphatic carbocycles. The molecule has 0 aliphatic heterocycles. The lowest BCUT2D eigenvalue weighted by Crippen LogP contribution is -2.51. The Morgan fingerprint density at radius 2 is 1.44 bits per heavy atom. The van der Waals surface area contributed by atoms with Gasteiger partial charge in [-0.3, -0.25) is 4.79 Å². The Labute approximate surface area is 115 Å². The van der Waals surface area contributed by atoms with Crippen LogP contribution in [0.2, 0.25) is 0 Å². The van der Waals surface area contributed by atoms with E-state index in [4.69, 9.17) is 23.2 Å². The van der Waals surface area contributed by atoms with Gasteiger partial charge in [0.15, 0.2) is 0 Å². The number of carbonyl (C=O) groups excluding carboxylic acids is 1. The molecule has 0 bridgehead atoms. The van der Waals surface area contributed by atoms with Crippen LogP contribution < -0.4 is 0 Å². The average molecular weight is 308 g/mol. The van der Waals surface area contributed by atoms with Gasteiger partial charge < -0.3 is 4.90 Å². The topological polar surface area (TPSA) is 20.3 Å². The van der Waals surface area contributed by atoms with Gasteiger partial charge in [0.05, 0.1) is 0 Å². The van der Waals surface area contributed by atoms with Crippen LogP contribution in [0.15, 0.2) is 0 Å². The lowest BCUT2D eigenvalue weighted by molar-refractivity contribution is -0.166. The zero-order chi connectivity index (χ0) is 14.4. The third-order valence-corrected chi connectivity index (χ3v) is 3.23. The molecule has 0 fully saturated rings. The Hall–Kier alpha value is -0.160. The number of amides is 1. The summed E-state index contributed by atoms with van der Waals surface area (Å²) >= 11 is 10.3. The first kappa shape index (κ1) is 17.8. The maximum Gasteiger partial charge on any atom is 0.430 e. The van der Waals surface area contributed by atoms with Crippen molar-refractivity contribution in [2.45, 2.75) is 50.0 Å². The Bertz CT molecular complexity index is 262. The Morgan fingerprint density at radius 1 is 1.06 bits per heavy atom. The fraction of sp³-hybridized carbons (Fsp3) is 0.909. The second kappa shape index (κ2) is 7.43. The molecule has 0 saturated carbocycles. The number of unbranched alkanes of at least 4 members (excludes halogenated alkanes) is 2. The molecule has 0 aromatic heterocycles. The molecule has 0 N–H and O–H groups in total. The van der Waals surface area contributed by atoms with Crippen LogP contribution >= 0.6 is 23.2 Å². The van der Waals surface area contributed by atoms with Crippen LogP contribution in [0.3, 0.4) is 0 Å². The minimum Gasteiger partial charge on any atom is -0.340 e. The lowest BCUT2D eigenvalue weighted by Gasteiger charge is -2.30. The molecular weight excluding hydrogens is 290 g/mol. The second-order valence-corrected chi connectivity index (χ2v) is 5.40. The van der Waals surface area contributed by atoms with Gasteiger partial charge in [-0.1, -0.05) is 49.9 Å². The third-order valence-electron chi connectivity index (χ3n) is 2.48. The summed E-state index contributed by atoms with van der Waals surface area (Å²) < 4.78 is 34.4. The molecule has 0 heterocycles. The Kier molecular flexibility index (Phi) is 7.37. The van der Waals surface area contributed by atoms with Crippen molar-refractivity contribution in [2.24, 2.45) is 0 Å². The molecule has 2 nitrogen and oxygen atoms in total. The molecular formula is C11H18Cl2F3NO. The summed E-state index contributed by atoms with van der Waals surface area (Å²) in [5, 5.41) is 0. The highest BCUT2D eigenvalue weighted by Gasteiger charge is 2.59. The summed E-state index contributed by atoms with van der Waals surface area (Å²) in [6.45, 7) is 4.26. The van der Waals surface area contributed by atoms with Crippen molar-refractivity contribution in [3.63, 3.8) is 0 Å². The van der Waals surface area contributed by atoms with Crippen LogP contribution in [0.1, 0.15) is 39.5 Å². The standard InChI is InChI=1S/C11H18Cl2F3NO/c1-3-5-7-17(8-6-4-2)9(18)10(12,13)11(14,15)16/h3-8H2,1-2H3. The maximum absolute atomic E-state index is 12.6. The van der Waals surface area contributed by atoms with E-state index in [-0.39, 0.29) is 13.1 Å². The predicted octanol–water partition coefficient (Wildman–Crippen LogP) is 4.15. The van der Waals surface area contributed by atoms with Crippen molar-refractivity contribution in [3.05, 3.63) is 0 Å². The van der Waals surface area contributed by atoms with Gasteiger partial charge in [0, 0.05) is 13.1 Å². The summed E-state index contributed by atoms with van der Waals surface area (Å²) in [4.78, 5) is 12.9. The van der Waals surface area contributed by atoms with Gasteiger partial charge in [0.2, 0.25) is 0 Å². The van der Waals surface area contributed by atoms with E-state index in [0.29, 0.717) is 12.8 Å². The first-order chi connectivity index (χ1) is 8.18. The Balaban J connectivity index is 4.82. The van der Waals surface area contributed by atoms with Crippen LogP contribution in [0.4, 0.5) is 13.2 Å². The van der Waals surface area contributed by atoms with Gasteiger partial charge in [0.1, 0.15) is 0 Å². The number of rotatable bonds is 7. The van der Waals surface area contributed by atoms with Crippen molar-refractivity contribution < 1.29 is 18.0 Å². The minimum atomic E-state index is -4.97. The molecule has 0 aliphatic rings. The van der Waals surface area contributed by atoms with Crippen LogP contribution in [0.25, 0.3) is 0 Å². The van der Waals surface area contributed by atoms with E-state index in [1.165, 1.54) is 0 Å². The van der Waals surface area contributed by atoms with Crippen molar-refractivity contribution in [2.75, 3.05) is 13.1 Å². The molecule has 108 valence electrons. The number of alkyl halides is 5. The number of carbonyl (C=O) groups is 1. The van der Waals surface area contributed by atoms with Crippen molar-refractivity contribution in [1.29, 1.82) is 0 Å². The summed E-state index contributed by atoms with van der Waals surface area (Å²) in [6, 6.07) is 0. The average Bonchev–Trinajstić information content (AvgIpc) is 2.27. The molecule has 0 aromatic carbocycles. The first-order valence-corrected chi connectivity index (χ1v) is 6.68. The highest BCUT2D eigenvalue weighted by Crippen LogP contribution is 2.41. The zero-order valence-corrected chi connectivity index (χ0v) is 12.0. The highest BCUT2D eigenvalue weighted by atomic mass is 35.5. The molecule has 18 heavy (non-hydrogen) atoms. The van der Waals surface area contributed by atoms with E-state index in [0.717, 1.165) is 17.7 Å². The summed E-state index contributed by atoms with van der Waals surface area (Å²) in [6.07, 6.45) is -2.17. The number of hydrogen-bond acceptors (Lipinski definition) is 1. The van der Waals surface area contributed by atoms with E-state index >= 15 is 0 Å². The number of nitrogens with zero attached hydrogens (tertiary/aromatic N) is 1. The molecule has 0 rings (SSSR count). The van der Waals surface area contributed by atoms with E-state index in [9.17, 15) is 18.0 Å². The van der Waals surface area contributed by atoms with Crippen molar-refractivity contribution >= 4 is 29.1 Å². The van der Waals surface area contributed by atoms with Crippen LogP contribution in [-0.4, -0.2) is 34.4 Å². The quantitative estimate of drug-likeness (QED) is 0.647. The van der Waals surface area contributed by atoms with Crippen LogP contribution in [0.5, 0.6) is 0 Å². The fourth-order valence-corrected chi connectivity index (χ4v) is 1.57. The first-order valence-electron chi connectivity index (χ1n) is 5.92. The Morgan fingerprint density at radius 3 is 1.72 bits per heavy atom. The van der Waals surface area contributed by atoms with Crippen LogP contribution in [-0.2, 0) is 4.79 Å². The summed E-state index contributed by atoms with van der Waals surface area (Å²) in [5.74, 6) is -1.28. The van der Waals surface area contributed by atoms with Gasteiger partial charge in [0.25, 0.3) is 10.2 Å². The van der Waals surface area contributed by atoms with Crippen molar-refractivity contribution in [3.8, 4) is 0 Å². The molecule has 0 saturated heterocycles. The van der Waals surface area contributed by atoms with E-state index in [1.54, 1.807) is 0 Å². The van der Waals surface area contributed by atoms with Gasteiger partial charge in [-0.05, 0) is 12.8 Å². The van der Waals surface area contributed by atoms with Gasteiger partial charge in [-0.25, -0.2) is 0 Å². The molecule has 0 unspecified atom stereocenters. The fourth-order valence-electron chi connectivity index (χ4n) is 1.33. The van der Waals surface area contributed by atoms with Gasteiger partial charge in [-0.2, -0.15) is 13.2 Å². The summed E-state index contributed by atoms with van der Waals surface area (Å²) in [7, 11) is 0. The van der Waals surface area contributed by atoms with E-state index in [2.05, 4.69) is 0 Å². The molecule has 0 spiro atoms. The number of halogens is 5. The second-order valence-electron chi connectivity index (χ2n) is 4.07. The minimum absolute atomic E-state index is 0.243. The lowest BCUT2D eigenvalue weighted by atomic mass is 10.2. The molecule has 0 atom stereocenters. The predicted molar refractivity (Wildman–Crippen MR) is 66.9 cm³/mol. The van der Waals surface area contributed by atoms with Gasteiger partial charge in [-0.15, -0.1) is 0 Å².